The number of rotatable bonds is 2. The summed E-state index contributed by atoms with van der Waals surface area (Å²) >= 11 is 0. The molecule has 0 atom stereocenters. The van der Waals surface area contributed by atoms with E-state index in [0.29, 0.717) is 5.82 Å². The van der Waals surface area contributed by atoms with Crippen molar-refractivity contribution < 1.29 is 9.53 Å². The third-order valence-electron chi connectivity index (χ3n) is 3.19. The van der Waals surface area contributed by atoms with Gasteiger partial charge in [-0.3, -0.25) is 0 Å². The zero-order chi connectivity index (χ0) is 12.4. The molecule has 0 spiro atoms. The van der Waals surface area contributed by atoms with Crippen molar-refractivity contribution in [1.82, 2.24) is 14.7 Å². The van der Waals surface area contributed by atoms with Crippen molar-refractivity contribution in [2.24, 2.45) is 0 Å². The van der Waals surface area contributed by atoms with Gasteiger partial charge in [0.25, 0.3) is 0 Å². The summed E-state index contributed by atoms with van der Waals surface area (Å²) in [6, 6.07) is 1.86. The molecule has 1 aliphatic rings. The second-order valence-corrected chi connectivity index (χ2v) is 4.43. The number of nitrogen functional groups attached to an aromatic ring is 1. The van der Waals surface area contributed by atoms with Gasteiger partial charge in [0.1, 0.15) is 5.82 Å². The van der Waals surface area contributed by atoms with Crippen LogP contribution in [0.3, 0.4) is 0 Å². The van der Waals surface area contributed by atoms with Crippen LogP contribution in [0.1, 0.15) is 29.4 Å². The van der Waals surface area contributed by atoms with Crippen LogP contribution in [0.4, 0.5) is 5.82 Å². The number of carbonyl (C=O) groups is 1. The molecule has 2 rings (SSSR count). The number of likely N-dealkylation sites (tertiary alicyclic amines) is 1. The van der Waals surface area contributed by atoms with Gasteiger partial charge in [-0.25, -0.2) is 9.48 Å². The first-order valence-electron chi connectivity index (χ1n) is 5.73. The Kier molecular flexibility index (Phi) is 3.33. The molecule has 6 heteroatoms. The summed E-state index contributed by atoms with van der Waals surface area (Å²) in [5.41, 5.74) is 6.16. The molecule has 6 nitrogen and oxygen atoms in total. The predicted molar refractivity (Wildman–Crippen MR) is 63.7 cm³/mol. The van der Waals surface area contributed by atoms with Crippen LogP contribution in [0.25, 0.3) is 0 Å². The van der Waals surface area contributed by atoms with Crippen molar-refractivity contribution >= 4 is 11.8 Å². The Bertz CT molecular complexity index is 408. The molecular weight excluding hydrogens is 220 g/mol. The van der Waals surface area contributed by atoms with Gasteiger partial charge in [0, 0.05) is 6.07 Å². The summed E-state index contributed by atoms with van der Waals surface area (Å²) in [6.07, 6.45) is 2.01. The molecule has 0 amide bonds. The standard InChI is InChI=1S/C11H18N4O2/c1-14-5-3-8(4-6-14)15-10(12)7-9(13-15)11(16)17-2/h7-8H,3-6,12H2,1-2H3. The highest BCUT2D eigenvalue weighted by atomic mass is 16.5. The van der Waals surface area contributed by atoms with Crippen molar-refractivity contribution in [2.75, 3.05) is 33.0 Å². The molecule has 0 radical (unpaired) electrons. The Morgan fingerprint density at radius 1 is 1.53 bits per heavy atom. The van der Waals surface area contributed by atoms with Crippen LogP contribution in [0, 0.1) is 0 Å². The first kappa shape index (κ1) is 11.9. The Morgan fingerprint density at radius 2 is 2.18 bits per heavy atom. The fourth-order valence-corrected chi connectivity index (χ4v) is 2.15. The average Bonchev–Trinajstić information content (AvgIpc) is 2.71. The van der Waals surface area contributed by atoms with E-state index >= 15 is 0 Å². The number of ether oxygens (including phenoxy) is 1. The van der Waals surface area contributed by atoms with Gasteiger partial charge in [-0.15, -0.1) is 0 Å². The molecule has 2 heterocycles. The SMILES string of the molecule is COC(=O)c1cc(N)n(C2CCN(C)CC2)n1. The molecule has 17 heavy (non-hydrogen) atoms. The topological polar surface area (TPSA) is 73.4 Å². The van der Waals surface area contributed by atoms with Crippen LogP contribution in [-0.4, -0.2) is 47.9 Å². The van der Waals surface area contributed by atoms with E-state index in [0.717, 1.165) is 25.9 Å². The lowest BCUT2D eigenvalue weighted by molar-refractivity contribution is 0.0592. The third-order valence-corrected chi connectivity index (χ3v) is 3.19. The lowest BCUT2D eigenvalue weighted by atomic mass is 10.1. The van der Waals surface area contributed by atoms with Crippen LogP contribution >= 0.6 is 0 Å². The molecule has 0 aliphatic carbocycles. The van der Waals surface area contributed by atoms with Gasteiger partial charge in [-0.2, -0.15) is 5.10 Å². The molecule has 94 valence electrons. The zero-order valence-corrected chi connectivity index (χ0v) is 10.2. The Balaban J connectivity index is 2.15. The zero-order valence-electron chi connectivity index (χ0n) is 10.2. The van der Waals surface area contributed by atoms with E-state index in [1.54, 1.807) is 10.7 Å². The minimum atomic E-state index is -0.441. The number of nitrogens with two attached hydrogens (primary N) is 1. The Hall–Kier alpha value is -1.56. The minimum absolute atomic E-state index is 0.281. The fraction of sp³-hybridized carbons (Fsp3) is 0.636. The van der Waals surface area contributed by atoms with Crippen molar-refractivity contribution in [1.29, 1.82) is 0 Å². The number of piperidine rings is 1. The van der Waals surface area contributed by atoms with E-state index in [-0.39, 0.29) is 11.7 Å². The average molecular weight is 238 g/mol. The van der Waals surface area contributed by atoms with E-state index in [4.69, 9.17) is 5.73 Å². The first-order chi connectivity index (χ1) is 8.11. The minimum Gasteiger partial charge on any atom is -0.464 e. The Labute approximate surface area is 100 Å². The smallest absolute Gasteiger partial charge is 0.358 e. The molecule has 0 saturated carbocycles. The van der Waals surface area contributed by atoms with Gasteiger partial charge in [-0.05, 0) is 33.0 Å². The first-order valence-corrected chi connectivity index (χ1v) is 5.73. The summed E-state index contributed by atoms with van der Waals surface area (Å²) in [4.78, 5) is 13.6. The highest BCUT2D eigenvalue weighted by molar-refractivity contribution is 5.87. The molecule has 1 aromatic rings. The van der Waals surface area contributed by atoms with Gasteiger partial charge in [0.15, 0.2) is 5.69 Å². The summed E-state index contributed by atoms with van der Waals surface area (Å²) in [7, 11) is 3.44. The Morgan fingerprint density at radius 3 is 2.76 bits per heavy atom. The number of nitrogens with zero attached hydrogens (tertiary/aromatic N) is 3. The number of aromatic nitrogens is 2. The third kappa shape index (κ3) is 2.41. The maximum atomic E-state index is 11.4. The van der Waals surface area contributed by atoms with E-state index in [1.807, 2.05) is 0 Å². The van der Waals surface area contributed by atoms with Crippen LogP contribution in [0.5, 0.6) is 0 Å². The normalized spacial score (nSPS) is 18.2. The molecule has 0 unspecified atom stereocenters. The van der Waals surface area contributed by atoms with Crippen molar-refractivity contribution in [2.45, 2.75) is 18.9 Å². The van der Waals surface area contributed by atoms with Gasteiger partial charge in [0.2, 0.25) is 0 Å². The molecule has 0 aromatic carbocycles. The predicted octanol–water partition coefficient (Wildman–Crippen LogP) is 0.519. The van der Waals surface area contributed by atoms with Crippen molar-refractivity contribution in [3.63, 3.8) is 0 Å². The quantitative estimate of drug-likeness (QED) is 0.760. The second kappa shape index (κ2) is 4.75. The van der Waals surface area contributed by atoms with Gasteiger partial charge < -0.3 is 15.4 Å². The van der Waals surface area contributed by atoms with Crippen LogP contribution in [-0.2, 0) is 4.74 Å². The highest BCUT2D eigenvalue weighted by Gasteiger charge is 2.22. The van der Waals surface area contributed by atoms with E-state index in [2.05, 4.69) is 21.8 Å². The number of hydrogen-bond donors (Lipinski definition) is 1. The fourth-order valence-electron chi connectivity index (χ4n) is 2.15. The van der Waals surface area contributed by atoms with E-state index in [9.17, 15) is 4.79 Å². The lowest BCUT2D eigenvalue weighted by Crippen LogP contribution is -2.32. The summed E-state index contributed by atoms with van der Waals surface area (Å²) in [5.74, 6) is 0.0864. The lowest BCUT2D eigenvalue weighted by Gasteiger charge is -2.29. The summed E-state index contributed by atoms with van der Waals surface area (Å²) in [6.45, 7) is 2.05. The van der Waals surface area contributed by atoms with Crippen LogP contribution in [0.15, 0.2) is 6.07 Å². The molecular formula is C11H18N4O2. The molecule has 1 aliphatic heterocycles. The van der Waals surface area contributed by atoms with Gasteiger partial charge in [-0.1, -0.05) is 0 Å². The second-order valence-electron chi connectivity index (χ2n) is 4.43. The van der Waals surface area contributed by atoms with Crippen LogP contribution < -0.4 is 5.73 Å². The van der Waals surface area contributed by atoms with Gasteiger partial charge >= 0.3 is 5.97 Å². The number of esters is 1. The number of anilines is 1. The molecule has 1 saturated heterocycles. The summed E-state index contributed by atoms with van der Waals surface area (Å²) < 4.78 is 6.38. The summed E-state index contributed by atoms with van der Waals surface area (Å²) in [5, 5.41) is 4.23. The van der Waals surface area contributed by atoms with Crippen molar-refractivity contribution in [3.05, 3.63) is 11.8 Å². The molecule has 1 fully saturated rings. The number of hydrogen-bond acceptors (Lipinski definition) is 5. The number of methoxy groups -OCH3 is 1. The van der Waals surface area contributed by atoms with E-state index < -0.39 is 5.97 Å². The number of carbonyl (C=O) groups excluding carboxylic acids is 1. The monoisotopic (exact) mass is 238 g/mol. The van der Waals surface area contributed by atoms with Gasteiger partial charge in [0.05, 0.1) is 13.2 Å². The largest absolute Gasteiger partial charge is 0.464 e. The van der Waals surface area contributed by atoms with Crippen LogP contribution in [0.2, 0.25) is 0 Å². The highest BCUT2D eigenvalue weighted by Crippen LogP contribution is 2.24. The molecule has 0 bridgehead atoms. The maximum Gasteiger partial charge on any atom is 0.358 e. The molecule has 1 aromatic heterocycles. The maximum absolute atomic E-state index is 11.4. The van der Waals surface area contributed by atoms with E-state index in [1.165, 1.54) is 7.11 Å². The van der Waals surface area contributed by atoms with Crippen molar-refractivity contribution in [3.8, 4) is 0 Å². The molecule has 2 N–H and O–H groups in total.